The van der Waals surface area contributed by atoms with Crippen molar-refractivity contribution in [3.63, 3.8) is 0 Å². The molecular weight excluding hydrogens is 941 g/mol. The Hall–Kier alpha value is -7.69. The van der Waals surface area contributed by atoms with Crippen molar-refractivity contribution in [1.29, 1.82) is 0 Å². The Morgan fingerprint density at radius 3 is 2.03 bits per heavy atom. The molecule has 388 valence electrons. The molecule has 73 heavy (non-hydrogen) atoms. The summed E-state index contributed by atoms with van der Waals surface area (Å²) in [6.07, 6.45) is 6.25. The van der Waals surface area contributed by atoms with Gasteiger partial charge in [-0.15, -0.1) is 0 Å². The predicted molar refractivity (Wildman–Crippen MR) is 273 cm³/mol. The van der Waals surface area contributed by atoms with Crippen molar-refractivity contribution in [2.75, 3.05) is 58.7 Å². The van der Waals surface area contributed by atoms with Gasteiger partial charge in [0.1, 0.15) is 46.3 Å². The fourth-order valence-electron chi connectivity index (χ4n) is 8.20. The topological polar surface area (TPSA) is 272 Å². The van der Waals surface area contributed by atoms with Gasteiger partial charge in [0.25, 0.3) is 5.91 Å². The third-order valence-corrected chi connectivity index (χ3v) is 11.3. The number of aromatic nitrogens is 9. The maximum absolute atomic E-state index is 13.9. The zero-order chi connectivity index (χ0) is 52.4. The number of amides is 3. The number of hydrogen-bond acceptors (Lipinski definition) is 15. The first kappa shape index (κ1) is 53.1. The van der Waals surface area contributed by atoms with E-state index in [2.05, 4.69) is 15.5 Å². The number of primary amides is 2. The van der Waals surface area contributed by atoms with E-state index in [1.54, 1.807) is 52.9 Å². The second-order valence-electron chi connectivity index (χ2n) is 18.0. The number of nitrogens with two attached hydrogens (primary N) is 2. The lowest BCUT2D eigenvalue weighted by Gasteiger charge is -2.19. The van der Waals surface area contributed by atoms with Crippen LogP contribution in [0.3, 0.4) is 0 Å². The van der Waals surface area contributed by atoms with Gasteiger partial charge in [0.05, 0.1) is 61.9 Å². The molecule has 5 aromatic heterocycles. The number of carbonyl (C=O) groups is 4. The molecule has 0 aliphatic rings. The second kappa shape index (κ2) is 23.7. The first-order valence-corrected chi connectivity index (χ1v) is 24.1. The molecule has 2 aromatic carbocycles. The van der Waals surface area contributed by atoms with Gasteiger partial charge in [-0.2, -0.15) is 10.2 Å². The van der Waals surface area contributed by atoms with Gasteiger partial charge in [0, 0.05) is 74.4 Å². The minimum absolute atomic E-state index is 0.104. The van der Waals surface area contributed by atoms with E-state index in [0.29, 0.717) is 87.8 Å². The number of hydrogen-bond donors (Lipinski definition) is 3. The first-order valence-electron chi connectivity index (χ1n) is 24.1. The molecule has 7 aromatic rings. The number of allylic oxidation sites excluding steroid dienone is 2. The first-order chi connectivity index (χ1) is 35.0. The van der Waals surface area contributed by atoms with Crippen LogP contribution >= 0.6 is 0 Å². The standard InChI is InChI=1S/C51H64N12O10/c1-9-62-38(24-31(3)58-62)47-54-30-36-35-26-33(45(52)65)28-40(72-23-22-70-21-20-69-19-14-42(64)73-51(5,6)7)43(35)60(48(36)56-47)15-11-12-16-61-44-37(27-34(46(53)66)29-41(44)71-18-13-17-68-8)55-50(61)57-49(67)39-25-32(4)59-63(39)10-2/h11-12,24-30H,9-10,13-23H2,1-8H3,(H2,52,65)(H2,53,66)(H,55,57,67). The predicted octanol–water partition coefficient (Wildman–Crippen LogP) is 5.92. The Balaban J connectivity index is 1.23. The van der Waals surface area contributed by atoms with E-state index in [0.717, 1.165) is 11.4 Å². The Morgan fingerprint density at radius 2 is 1.34 bits per heavy atom. The fourth-order valence-corrected chi connectivity index (χ4v) is 8.20. The monoisotopic (exact) mass is 1000 g/mol. The van der Waals surface area contributed by atoms with Crippen LogP contribution in [0.5, 0.6) is 11.5 Å². The van der Waals surface area contributed by atoms with Crippen LogP contribution in [0, 0.1) is 13.8 Å². The van der Waals surface area contributed by atoms with E-state index in [-0.39, 0.29) is 82.2 Å². The van der Waals surface area contributed by atoms with E-state index in [4.69, 9.17) is 54.8 Å². The third kappa shape index (κ3) is 12.9. The van der Waals surface area contributed by atoms with Crippen LogP contribution in [0.2, 0.25) is 0 Å². The number of nitrogens with zero attached hydrogens (tertiary/aromatic N) is 9. The van der Waals surface area contributed by atoms with Gasteiger partial charge in [-0.3, -0.25) is 33.9 Å². The van der Waals surface area contributed by atoms with Crippen molar-refractivity contribution in [2.24, 2.45) is 11.5 Å². The van der Waals surface area contributed by atoms with Gasteiger partial charge in [-0.25, -0.2) is 15.0 Å². The lowest BCUT2D eigenvalue weighted by atomic mass is 10.1. The molecule has 0 spiro atoms. The molecule has 0 aliphatic heterocycles. The zero-order valence-electron chi connectivity index (χ0n) is 42.7. The number of rotatable bonds is 26. The van der Waals surface area contributed by atoms with E-state index < -0.39 is 23.3 Å². The zero-order valence-corrected chi connectivity index (χ0v) is 42.7. The number of fused-ring (bicyclic) bond motifs is 4. The Bertz CT molecular complexity index is 3160. The third-order valence-electron chi connectivity index (χ3n) is 11.3. The molecule has 22 heteroatoms. The van der Waals surface area contributed by atoms with Gasteiger partial charge in [-0.05, 0) is 84.9 Å². The largest absolute Gasteiger partial charge is 0.491 e. The molecule has 0 aliphatic carbocycles. The van der Waals surface area contributed by atoms with Crippen molar-refractivity contribution in [3.8, 4) is 23.0 Å². The highest BCUT2D eigenvalue weighted by Gasteiger charge is 2.24. The molecule has 22 nitrogen and oxygen atoms in total. The van der Waals surface area contributed by atoms with E-state index in [1.807, 2.05) is 75.9 Å². The van der Waals surface area contributed by atoms with Crippen molar-refractivity contribution in [1.82, 2.24) is 43.6 Å². The summed E-state index contributed by atoms with van der Waals surface area (Å²) >= 11 is 0. The molecule has 0 unspecified atom stereocenters. The van der Waals surface area contributed by atoms with Crippen molar-refractivity contribution in [2.45, 2.75) is 93.1 Å². The fraction of sp³-hybridized carbons (Fsp3) is 0.431. The maximum atomic E-state index is 13.9. The summed E-state index contributed by atoms with van der Waals surface area (Å²) in [5.74, 6) is -0.758. The second-order valence-corrected chi connectivity index (χ2v) is 18.0. The number of methoxy groups -OCH3 is 1. The quantitative estimate of drug-likeness (QED) is 0.0323. The number of nitrogens with one attached hydrogen (secondary N) is 1. The number of carbonyl (C=O) groups excluding carboxylic acids is 4. The average molecular weight is 1010 g/mol. The highest BCUT2D eigenvalue weighted by Crippen LogP contribution is 2.37. The number of imidazole rings is 1. The molecular formula is C51H64N12O10. The highest BCUT2D eigenvalue weighted by atomic mass is 16.6. The number of esters is 1. The summed E-state index contributed by atoms with van der Waals surface area (Å²) in [7, 11) is 1.60. The molecule has 0 bridgehead atoms. The maximum Gasteiger partial charge on any atom is 0.308 e. The number of aryl methyl sites for hydroxylation is 4. The van der Waals surface area contributed by atoms with Crippen LogP contribution in [0.25, 0.3) is 44.5 Å². The molecule has 3 amide bonds. The van der Waals surface area contributed by atoms with Crippen molar-refractivity contribution >= 4 is 62.6 Å². The van der Waals surface area contributed by atoms with Gasteiger partial charge >= 0.3 is 5.97 Å². The summed E-state index contributed by atoms with van der Waals surface area (Å²) in [5, 5.41) is 13.3. The summed E-state index contributed by atoms with van der Waals surface area (Å²) in [5.41, 5.74) is 16.1. The Kier molecular flexibility index (Phi) is 17.2. The Morgan fingerprint density at radius 1 is 0.712 bits per heavy atom. The van der Waals surface area contributed by atoms with Crippen LogP contribution in [-0.4, -0.2) is 126 Å². The summed E-state index contributed by atoms with van der Waals surface area (Å²) in [4.78, 5) is 66.0. The molecule has 0 radical (unpaired) electrons. The van der Waals surface area contributed by atoms with Crippen molar-refractivity contribution in [3.05, 3.63) is 83.0 Å². The van der Waals surface area contributed by atoms with E-state index in [9.17, 15) is 19.2 Å². The summed E-state index contributed by atoms with van der Waals surface area (Å²) < 4.78 is 41.8. The number of benzene rings is 2. The molecule has 7 rings (SSSR count). The molecule has 0 saturated heterocycles. The van der Waals surface area contributed by atoms with Crippen LogP contribution in [0.4, 0.5) is 5.95 Å². The highest BCUT2D eigenvalue weighted by molar-refractivity contribution is 6.12. The average Bonchev–Trinajstić information content (AvgIpc) is 4.11. The van der Waals surface area contributed by atoms with Gasteiger partial charge in [0.15, 0.2) is 5.82 Å². The number of anilines is 1. The summed E-state index contributed by atoms with van der Waals surface area (Å²) in [6, 6.07) is 10.1. The van der Waals surface area contributed by atoms with Gasteiger partial charge < -0.3 is 49.0 Å². The van der Waals surface area contributed by atoms with Gasteiger partial charge in [-0.1, -0.05) is 12.2 Å². The smallest absolute Gasteiger partial charge is 0.308 e. The minimum atomic E-state index is -0.671. The molecule has 0 atom stereocenters. The molecule has 5 heterocycles. The van der Waals surface area contributed by atoms with Crippen LogP contribution in [-0.2, 0) is 49.9 Å². The Labute approximate surface area is 421 Å². The molecule has 0 saturated carbocycles. The lowest BCUT2D eigenvalue weighted by molar-refractivity contribution is -0.156. The normalized spacial score (nSPS) is 11.9. The van der Waals surface area contributed by atoms with E-state index in [1.165, 1.54) is 0 Å². The lowest BCUT2D eigenvalue weighted by Crippen LogP contribution is -2.24. The SMILES string of the molecule is CCn1nc(C)cc1C(=O)Nc1nc2cc(C(N)=O)cc(OCCCOC)c2n1CC=CCn1c2nc(-c3cc(C)nn3CC)ncc2c2cc(C(N)=O)cc(OCCOCCOCCC(=O)OC(C)(C)C)c21. The van der Waals surface area contributed by atoms with Crippen molar-refractivity contribution < 1.29 is 47.6 Å². The molecule has 0 fully saturated rings. The number of ether oxygens (including phenoxy) is 6. The van der Waals surface area contributed by atoms with E-state index >= 15 is 0 Å². The van der Waals surface area contributed by atoms with Crippen LogP contribution in [0.15, 0.2) is 54.7 Å². The van der Waals surface area contributed by atoms with Crippen LogP contribution in [0.1, 0.15) is 90.1 Å². The van der Waals surface area contributed by atoms with Gasteiger partial charge in [0.2, 0.25) is 17.8 Å². The van der Waals surface area contributed by atoms with Crippen LogP contribution < -0.4 is 26.3 Å². The minimum Gasteiger partial charge on any atom is -0.491 e. The molecule has 5 N–H and O–H groups in total. The summed E-state index contributed by atoms with van der Waals surface area (Å²) in [6.45, 7) is 16.2.